The van der Waals surface area contributed by atoms with Gasteiger partial charge in [0, 0.05) is 30.2 Å². The van der Waals surface area contributed by atoms with Gasteiger partial charge in [0.2, 0.25) is 0 Å². The minimum atomic E-state index is 0.677. The Bertz CT molecular complexity index is 527. The van der Waals surface area contributed by atoms with Crippen molar-refractivity contribution in [3.05, 3.63) is 23.0 Å². The number of rotatable bonds is 6. The van der Waals surface area contributed by atoms with Crippen LogP contribution < -0.4 is 5.32 Å². The van der Waals surface area contributed by atoms with E-state index in [2.05, 4.69) is 31.2 Å². The highest BCUT2D eigenvalue weighted by molar-refractivity contribution is 7.15. The third kappa shape index (κ3) is 3.64. The van der Waals surface area contributed by atoms with E-state index in [1.165, 1.54) is 10.6 Å². The summed E-state index contributed by atoms with van der Waals surface area (Å²) in [4.78, 5) is 6.08. The summed E-state index contributed by atoms with van der Waals surface area (Å²) in [7, 11) is 1.93. The Morgan fingerprint density at radius 1 is 1.42 bits per heavy atom. The molecule has 0 bridgehead atoms. The average molecular weight is 278 g/mol. The molecule has 0 aromatic carbocycles. The summed E-state index contributed by atoms with van der Waals surface area (Å²) in [5, 5.41) is 8.78. The second-order valence-electron chi connectivity index (χ2n) is 5.17. The third-order valence-corrected chi connectivity index (χ3v) is 4.05. The molecule has 1 N–H and O–H groups in total. The van der Waals surface area contributed by atoms with Crippen molar-refractivity contribution in [2.75, 3.05) is 6.54 Å². The smallest absolute Gasteiger partial charge is 0.127 e. The Hall–Kier alpha value is -1.20. The number of hydrogen-bond donors (Lipinski definition) is 1. The standard InChI is InChI=1S/C14H22N4S/c1-5-12-13(8-15-6-10(2)3)19-14(17-12)11-7-16-18(4)9-11/h7,9-10,15H,5-6,8H2,1-4H3. The maximum atomic E-state index is 4.74. The first-order valence-electron chi connectivity index (χ1n) is 6.78. The van der Waals surface area contributed by atoms with Crippen LogP contribution in [0.15, 0.2) is 12.4 Å². The highest BCUT2D eigenvalue weighted by atomic mass is 32.1. The van der Waals surface area contributed by atoms with Gasteiger partial charge in [-0.15, -0.1) is 11.3 Å². The van der Waals surface area contributed by atoms with Gasteiger partial charge in [0.15, 0.2) is 0 Å². The molecule has 0 radical (unpaired) electrons. The van der Waals surface area contributed by atoms with Crippen LogP contribution in [0.2, 0.25) is 0 Å². The van der Waals surface area contributed by atoms with Crippen LogP contribution in [0.3, 0.4) is 0 Å². The molecule has 0 atom stereocenters. The second-order valence-corrected chi connectivity index (χ2v) is 6.25. The Labute approximate surface area is 118 Å². The van der Waals surface area contributed by atoms with Gasteiger partial charge in [0.1, 0.15) is 5.01 Å². The molecule has 0 fully saturated rings. The molecule has 0 saturated carbocycles. The summed E-state index contributed by atoms with van der Waals surface area (Å²) in [6.07, 6.45) is 4.88. The minimum Gasteiger partial charge on any atom is -0.312 e. The van der Waals surface area contributed by atoms with Crippen LogP contribution in [0.4, 0.5) is 0 Å². The van der Waals surface area contributed by atoms with Gasteiger partial charge in [-0.05, 0) is 18.9 Å². The van der Waals surface area contributed by atoms with Crippen molar-refractivity contribution in [2.24, 2.45) is 13.0 Å². The Morgan fingerprint density at radius 3 is 2.79 bits per heavy atom. The second kappa shape index (κ2) is 6.30. The number of thiazole rings is 1. The molecule has 2 aromatic heterocycles. The summed E-state index contributed by atoms with van der Waals surface area (Å²) >= 11 is 1.78. The van der Waals surface area contributed by atoms with E-state index < -0.39 is 0 Å². The van der Waals surface area contributed by atoms with Crippen LogP contribution in [0, 0.1) is 5.92 Å². The van der Waals surface area contributed by atoms with Gasteiger partial charge in [-0.1, -0.05) is 20.8 Å². The van der Waals surface area contributed by atoms with E-state index in [1.807, 2.05) is 24.1 Å². The molecule has 104 valence electrons. The molecule has 0 aliphatic heterocycles. The van der Waals surface area contributed by atoms with Crippen molar-refractivity contribution in [1.29, 1.82) is 0 Å². The van der Waals surface area contributed by atoms with Crippen LogP contribution in [0.25, 0.3) is 10.6 Å². The fourth-order valence-corrected chi connectivity index (χ4v) is 3.02. The quantitative estimate of drug-likeness (QED) is 0.883. The van der Waals surface area contributed by atoms with E-state index >= 15 is 0 Å². The van der Waals surface area contributed by atoms with Crippen LogP contribution in [0.1, 0.15) is 31.3 Å². The van der Waals surface area contributed by atoms with Gasteiger partial charge >= 0.3 is 0 Å². The van der Waals surface area contributed by atoms with E-state index in [0.717, 1.165) is 30.1 Å². The third-order valence-electron chi connectivity index (χ3n) is 2.90. The molecule has 0 spiro atoms. The SMILES string of the molecule is CCc1nc(-c2cnn(C)c2)sc1CNCC(C)C. The zero-order chi connectivity index (χ0) is 13.8. The zero-order valence-electron chi connectivity index (χ0n) is 12.1. The molecule has 19 heavy (non-hydrogen) atoms. The van der Waals surface area contributed by atoms with Crippen molar-refractivity contribution < 1.29 is 0 Å². The topological polar surface area (TPSA) is 42.7 Å². The van der Waals surface area contributed by atoms with Crippen LogP contribution in [0.5, 0.6) is 0 Å². The van der Waals surface area contributed by atoms with Crippen molar-refractivity contribution in [2.45, 2.75) is 33.7 Å². The lowest BCUT2D eigenvalue weighted by Crippen LogP contribution is -2.18. The first-order valence-corrected chi connectivity index (χ1v) is 7.60. The number of nitrogens with one attached hydrogen (secondary N) is 1. The zero-order valence-corrected chi connectivity index (χ0v) is 12.9. The van der Waals surface area contributed by atoms with Gasteiger partial charge in [-0.25, -0.2) is 4.98 Å². The number of hydrogen-bond acceptors (Lipinski definition) is 4. The molecule has 2 aromatic rings. The summed E-state index contributed by atoms with van der Waals surface area (Å²) in [5.74, 6) is 0.677. The lowest BCUT2D eigenvalue weighted by Gasteiger charge is -2.06. The first kappa shape index (κ1) is 14.2. The molecular formula is C14H22N4S. The lowest BCUT2D eigenvalue weighted by atomic mass is 10.2. The number of aryl methyl sites for hydroxylation is 2. The summed E-state index contributed by atoms with van der Waals surface area (Å²) in [5.41, 5.74) is 2.32. The molecule has 2 heterocycles. The Kier molecular flexibility index (Phi) is 4.71. The monoisotopic (exact) mass is 278 g/mol. The van der Waals surface area contributed by atoms with Crippen LogP contribution in [-0.2, 0) is 20.0 Å². The number of aromatic nitrogens is 3. The average Bonchev–Trinajstić information content (AvgIpc) is 2.95. The van der Waals surface area contributed by atoms with Gasteiger partial charge in [-0.3, -0.25) is 4.68 Å². The molecular weight excluding hydrogens is 256 g/mol. The van der Waals surface area contributed by atoms with Crippen molar-refractivity contribution in [1.82, 2.24) is 20.1 Å². The van der Waals surface area contributed by atoms with E-state index in [4.69, 9.17) is 4.98 Å². The van der Waals surface area contributed by atoms with Gasteiger partial charge in [0.05, 0.1) is 11.9 Å². The van der Waals surface area contributed by atoms with Crippen molar-refractivity contribution >= 4 is 11.3 Å². The predicted molar refractivity (Wildman–Crippen MR) is 80.2 cm³/mol. The van der Waals surface area contributed by atoms with Crippen molar-refractivity contribution in [3.8, 4) is 10.6 Å². The van der Waals surface area contributed by atoms with Gasteiger partial charge < -0.3 is 5.32 Å². The number of nitrogens with zero attached hydrogens (tertiary/aromatic N) is 3. The summed E-state index contributed by atoms with van der Waals surface area (Å²) in [6, 6.07) is 0. The van der Waals surface area contributed by atoms with E-state index in [9.17, 15) is 0 Å². The fraction of sp³-hybridized carbons (Fsp3) is 0.571. The maximum Gasteiger partial charge on any atom is 0.127 e. The van der Waals surface area contributed by atoms with Crippen LogP contribution >= 0.6 is 11.3 Å². The van der Waals surface area contributed by atoms with Crippen molar-refractivity contribution in [3.63, 3.8) is 0 Å². The van der Waals surface area contributed by atoms with Gasteiger partial charge in [-0.2, -0.15) is 5.10 Å². The molecule has 0 aliphatic rings. The van der Waals surface area contributed by atoms with E-state index in [0.29, 0.717) is 5.92 Å². The molecule has 5 heteroatoms. The molecule has 0 saturated heterocycles. The molecule has 0 unspecified atom stereocenters. The maximum absolute atomic E-state index is 4.74. The lowest BCUT2D eigenvalue weighted by molar-refractivity contribution is 0.553. The highest BCUT2D eigenvalue weighted by Gasteiger charge is 2.12. The summed E-state index contributed by atoms with van der Waals surface area (Å²) < 4.78 is 1.82. The highest BCUT2D eigenvalue weighted by Crippen LogP contribution is 2.28. The van der Waals surface area contributed by atoms with E-state index in [-0.39, 0.29) is 0 Å². The van der Waals surface area contributed by atoms with Gasteiger partial charge in [0.25, 0.3) is 0 Å². The molecule has 4 nitrogen and oxygen atoms in total. The predicted octanol–water partition coefficient (Wildman–Crippen LogP) is 2.85. The molecule has 0 amide bonds. The fourth-order valence-electron chi connectivity index (χ4n) is 1.93. The largest absolute Gasteiger partial charge is 0.312 e. The normalized spacial score (nSPS) is 11.4. The first-order chi connectivity index (χ1) is 9.10. The molecule has 2 rings (SSSR count). The van der Waals surface area contributed by atoms with Crippen LogP contribution in [-0.4, -0.2) is 21.3 Å². The van der Waals surface area contributed by atoms with E-state index in [1.54, 1.807) is 11.3 Å². The Balaban J connectivity index is 2.13. The molecule has 0 aliphatic carbocycles. The Morgan fingerprint density at radius 2 is 2.21 bits per heavy atom. The minimum absolute atomic E-state index is 0.677. The summed E-state index contributed by atoms with van der Waals surface area (Å²) in [6.45, 7) is 8.57.